The smallest absolute Gasteiger partial charge is 0.328 e. The predicted molar refractivity (Wildman–Crippen MR) is 84.0 cm³/mol. The average molecular weight is 307 g/mol. The molecule has 4 nitrogen and oxygen atoms in total. The van der Waals surface area contributed by atoms with Gasteiger partial charge in [0.2, 0.25) is 5.91 Å². The van der Waals surface area contributed by atoms with Crippen LogP contribution in [-0.4, -0.2) is 17.0 Å². The molecule has 0 radical (unpaired) electrons. The molecule has 1 aromatic heterocycles. The number of carboxylic acids is 1. The Hall–Kier alpha value is -1.62. The molecule has 1 aliphatic carbocycles. The summed E-state index contributed by atoms with van der Waals surface area (Å²) in [6.07, 6.45) is 8.12. The molecule has 2 rings (SSSR count). The van der Waals surface area contributed by atoms with Gasteiger partial charge in [0, 0.05) is 21.2 Å². The van der Waals surface area contributed by atoms with E-state index < -0.39 is 5.97 Å². The Morgan fingerprint density at radius 1 is 1.33 bits per heavy atom. The van der Waals surface area contributed by atoms with Gasteiger partial charge >= 0.3 is 5.97 Å². The van der Waals surface area contributed by atoms with E-state index in [-0.39, 0.29) is 11.3 Å². The number of aliphatic carboxylic acids is 1. The second-order valence-corrected chi connectivity index (χ2v) is 6.98. The first-order chi connectivity index (χ1) is 9.99. The largest absolute Gasteiger partial charge is 0.478 e. The van der Waals surface area contributed by atoms with Crippen LogP contribution in [0, 0.1) is 5.41 Å². The number of thiophene rings is 1. The number of nitrogens with one attached hydrogen (secondary N) is 1. The van der Waals surface area contributed by atoms with E-state index in [0.29, 0.717) is 6.54 Å². The maximum atomic E-state index is 12.3. The fraction of sp³-hybridized carbons (Fsp3) is 0.500. The van der Waals surface area contributed by atoms with E-state index in [0.717, 1.165) is 41.5 Å². The molecule has 0 saturated heterocycles. The third kappa shape index (κ3) is 4.43. The average Bonchev–Trinajstić information content (AvgIpc) is 2.91. The molecule has 0 atom stereocenters. The second kappa shape index (κ2) is 6.89. The summed E-state index contributed by atoms with van der Waals surface area (Å²) in [5.41, 5.74) is -0.221. The van der Waals surface area contributed by atoms with Crippen LogP contribution in [0.1, 0.15) is 48.8 Å². The summed E-state index contributed by atoms with van der Waals surface area (Å²) in [5.74, 6) is -0.818. The Bertz CT molecular complexity index is 541. The quantitative estimate of drug-likeness (QED) is 0.819. The third-order valence-electron chi connectivity index (χ3n) is 4.00. The van der Waals surface area contributed by atoms with Crippen LogP contribution in [0.5, 0.6) is 0 Å². The minimum Gasteiger partial charge on any atom is -0.478 e. The fourth-order valence-corrected chi connectivity index (χ4v) is 3.53. The molecular weight excluding hydrogens is 286 g/mol. The van der Waals surface area contributed by atoms with Crippen LogP contribution in [0.2, 0.25) is 0 Å². The van der Waals surface area contributed by atoms with Crippen molar-refractivity contribution in [3.05, 3.63) is 28.0 Å². The number of carbonyl (C=O) groups excluding carboxylic acids is 1. The van der Waals surface area contributed by atoms with Crippen LogP contribution in [0.25, 0.3) is 6.08 Å². The van der Waals surface area contributed by atoms with Crippen molar-refractivity contribution in [2.45, 2.75) is 45.6 Å². The molecule has 1 heterocycles. The van der Waals surface area contributed by atoms with Gasteiger partial charge in [-0.2, -0.15) is 0 Å². The van der Waals surface area contributed by atoms with E-state index in [4.69, 9.17) is 5.11 Å². The van der Waals surface area contributed by atoms with E-state index in [1.807, 2.05) is 12.1 Å². The van der Waals surface area contributed by atoms with Crippen LogP contribution in [0.4, 0.5) is 0 Å². The highest BCUT2D eigenvalue weighted by molar-refractivity contribution is 7.12. The third-order valence-corrected chi connectivity index (χ3v) is 5.05. The van der Waals surface area contributed by atoms with Crippen molar-refractivity contribution in [3.8, 4) is 0 Å². The number of carbonyl (C=O) groups is 2. The van der Waals surface area contributed by atoms with Crippen molar-refractivity contribution in [3.63, 3.8) is 0 Å². The van der Waals surface area contributed by atoms with Crippen LogP contribution < -0.4 is 5.32 Å². The fourth-order valence-electron chi connectivity index (χ4n) is 2.67. The van der Waals surface area contributed by atoms with Crippen molar-refractivity contribution < 1.29 is 14.7 Å². The summed E-state index contributed by atoms with van der Waals surface area (Å²) in [5, 5.41) is 11.6. The molecule has 0 aliphatic heterocycles. The zero-order valence-electron chi connectivity index (χ0n) is 12.2. The zero-order valence-corrected chi connectivity index (χ0v) is 13.0. The lowest BCUT2D eigenvalue weighted by Gasteiger charge is -2.31. The predicted octanol–water partition coefficient (Wildman–Crippen LogP) is 3.43. The Morgan fingerprint density at radius 3 is 2.71 bits per heavy atom. The molecule has 1 aliphatic rings. The van der Waals surface area contributed by atoms with Crippen molar-refractivity contribution in [2.75, 3.05) is 0 Å². The highest BCUT2D eigenvalue weighted by Crippen LogP contribution is 2.35. The Kier molecular flexibility index (Phi) is 5.17. The molecule has 0 spiro atoms. The van der Waals surface area contributed by atoms with Crippen LogP contribution in [0.3, 0.4) is 0 Å². The normalized spacial score (nSPS) is 17.8. The summed E-state index contributed by atoms with van der Waals surface area (Å²) in [6, 6.07) is 3.80. The summed E-state index contributed by atoms with van der Waals surface area (Å²) in [7, 11) is 0. The molecule has 0 unspecified atom stereocenters. The van der Waals surface area contributed by atoms with E-state index in [1.165, 1.54) is 17.8 Å². The summed E-state index contributed by atoms with van der Waals surface area (Å²) in [4.78, 5) is 24.7. The number of hydrogen-bond acceptors (Lipinski definition) is 3. The number of hydrogen-bond donors (Lipinski definition) is 2. The van der Waals surface area contributed by atoms with Crippen molar-refractivity contribution >= 4 is 29.3 Å². The summed E-state index contributed by atoms with van der Waals surface area (Å²) in [6.45, 7) is 2.57. The zero-order chi connectivity index (χ0) is 15.3. The minimum absolute atomic E-state index is 0.137. The molecule has 0 aromatic carbocycles. The lowest BCUT2D eigenvalue weighted by Crippen LogP contribution is -2.39. The molecule has 1 saturated carbocycles. The maximum Gasteiger partial charge on any atom is 0.328 e. The van der Waals surface area contributed by atoms with E-state index in [1.54, 1.807) is 6.08 Å². The van der Waals surface area contributed by atoms with Gasteiger partial charge in [-0.3, -0.25) is 4.79 Å². The van der Waals surface area contributed by atoms with Crippen molar-refractivity contribution in [2.24, 2.45) is 5.41 Å². The summed E-state index contributed by atoms with van der Waals surface area (Å²) < 4.78 is 0. The standard InChI is InChI=1S/C16H21NO3S/c1-16(9-3-2-4-10-16)15(20)17-11-13-6-5-12(21-13)7-8-14(18)19/h5-8H,2-4,9-11H2,1H3,(H,17,20)(H,18,19)/b8-7+. The lowest BCUT2D eigenvalue weighted by atomic mass is 9.75. The van der Waals surface area contributed by atoms with Gasteiger partial charge in [-0.15, -0.1) is 11.3 Å². The van der Waals surface area contributed by atoms with Gasteiger partial charge in [-0.1, -0.05) is 26.2 Å². The summed E-state index contributed by atoms with van der Waals surface area (Å²) >= 11 is 1.50. The van der Waals surface area contributed by atoms with Gasteiger partial charge in [0.15, 0.2) is 0 Å². The van der Waals surface area contributed by atoms with Gasteiger partial charge in [-0.05, 0) is 31.1 Å². The second-order valence-electron chi connectivity index (χ2n) is 5.78. The molecule has 5 heteroatoms. The Balaban J connectivity index is 1.88. The minimum atomic E-state index is -0.955. The molecule has 0 bridgehead atoms. The molecular formula is C16H21NO3S. The molecule has 1 fully saturated rings. The van der Waals surface area contributed by atoms with Crippen molar-refractivity contribution in [1.29, 1.82) is 0 Å². The van der Waals surface area contributed by atoms with E-state index in [2.05, 4.69) is 12.2 Å². The monoisotopic (exact) mass is 307 g/mol. The molecule has 21 heavy (non-hydrogen) atoms. The highest BCUT2D eigenvalue weighted by atomic mass is 32.1. The van der Waals surface area contributed by atoms with E-state index in [9.17, 15) is 9.59 Å². The molecule has 114 valence electrons. The first kappa shape index (κ1) is 15.8. The van der Waals surface area contributed by atoms with Crippen LogP contribution in [0.15, 0.2) is 18.2 Å². The van der Waals surface area contributed by atoms with Crippen molar-refractivity contribution in [1.82, 2.24) is 5.32 Å². The number of rotatable bonds is 5. The van der Waals surface area contributed by atoms with Crippen LogP contribution >= 0.6 is 11.3 Å². The lowest BCUT2D eigenvalue weighted by molar-refractivity contribution is -0.132. The first-order valence-electron chi connectivity index (χ1n) is 7.28. The van der Waals surface area contributed by atoms with Gasteiger partial charge < -0.3 is 10.4 Å². The van der Waals surface area contributed by atoms with Gasteiger partial charge in [0.1, 0.15) is 0 Å². The Morgan fingerprint density at radius 2 is 2.05 bits per heavy atom. The number of carboxylic acid groups (broad SMARTS) is 1. The van der Waals surface area contributed by atoms with Gasteiger partial charge in [-0.25, -0.2) is 4.79 Å². The first-order valence-corrected chi connectivity index (χ1v) is 8.09. The molecule has 2 N–H and O–H groups in total. The molecule has 1 aromatic rings. The highest BCUT2D eigenvalue weighted by Gasteiger charge is 2.34. The Labute approximate surface area is 128 Å². The SMILES string of the molecule is CC1(C(=O)NCc2ccc(/C=C/C(=O)O)s2)CCCCC1. The topological polar surface area (TPSA) is 66.4 Å². The van der Waals surface area contributed by atoms with E-state index >= 15 is 0 Å². The number of amides is 1. The maximum absolute atomic E-state index is 12.3. The van der Waals surface area contributed by atoms with Gasteiger partial charge in [0.25, 0.3) is 0 Å². The van der Waals surface area contributed by atoms with Crippen LogP contribution in [-0.2, 0) is 16.1 Å². The molecule has 1 amide bonds. The van der Waals surface area contributed by atoms with Gasteiger partial charge in [0.05, 0.1) is 6.54 Å².